The fraction of sp³-hybridized carbons (Fsp3) is 0.385. The van der Waals surface area contributed by atoms with Gasteiger partial charge in [-0.15, -0.1) is 0 Å². The molecule has 18 heavy (non-hydrogen) atoms. The van der Waals surface area contributed by atoms with Gasteiger partial charge in [0.15, 0.2) is 0 Å². The highest BCUT2D eigenvalue weighted by atomic mass is 79.9. The molecule has 1 aromatic heterocycles. The molecule has 0 amide bonds. The maximum atomic E-state index is 5.26. The number of nitrogens with one attached hydrogen (secondary N) is 1. The largest absolute Gasteiger partial charge is 0.339 e. The van der Waals surface area contributed by atoms with Crippen LogP contribution in [0.5, 0.6) is 0 Å². The van der Waals surface area contributed by atoms with Crippen LogP contribution in [0.4, 0.5) is 0 Å². The van der Waals surface area contributed by atoms with Gasteiger partial charge < -0.3 is 9.84 Å². The smallest absolute Gasteiger partial charge is 0.228 e. The minimum Gasteiger partial charge on any atom is -0.339 e. The van der Waals surface area contributed by atoms with E-state index in [4.69, 9.17) is 4.52 Å². The molecular weight excluding hydrogens is 294 g/mol. The van der Waals surface area contributed by atoms with Crippen molar-refractivity contribution in [2.24, 2.45) is 0 Å². The van der Waals surface area contributed by atoms with Crippen LogP contribution in [0.2, 0.25) is 0 Å². The number of nitrogens with zero attached hydrogens (tertiary/aromatic N) is 2. The lowest BCUT2D eigenvalue weighted by molar-refractivity contribution is 0.365. The average Bonchev–Trinajstić information content (AvgIpc) is 2.77. The van der Waals surface area contributed by atoms with E-state index in [0.717, 1.165) is 22.0 Å². The van der Waals surface area contributed by atoms with Crippen molar-refractivity contribution in [3.63, 3.8) is 0 Å². The lowest BCUT2D eigenvalue weighted by Crippen LogP contribution is -2.23. The van der Waals surface area contributed by atoms with Gasteiger partial charge in [0.25, 0.3) is 0 Å². The second kappa shape index (κ2) is 5.63. The van der Waals surface area contributed by atoms with E-state index in [1.165, 1.54) is 0 Å². The Morgan fingerprint density at radius 2 is 2.22 bits per heavy atom. The minimum atomic E-state index is 0.323. The summed E-state index contributed by atoms with van der Waals surface area (Å²) in [7, 11) is 1.92. The third kappa shape index (κ3) is 2.97. The molecule has 0 saturated heterocycles. The van der Waals surface area contributed by atoms with E-state index in [0.29, 0.717) is 17.8 Å². The van der Waals surface area contributed by atoms with E-state index in [2.05, 4.69) is 38.3 Å². The highest BCUT2D eigenvalue weighted by molar-refractivity contribution is 9.10. The number of aromatic nitrogens is 2. The predicted molar refractivity (Wildman–Crippen MR) is 74.4 cm³/mol. The zero-order valence-corrected chi connectivity index (χ0v) is 12.3. The van der Waals surface area contributed by atoms with Gasteiger partial charge in [0.2, 0.25) is 11.7 Å². The summed E-state index contributed by atoms with van der Waals surface area (Å²) in [6.45, 7) is 4.11. The van der Waals surface area contributed by atoms with Crippen molar-refractivity contribution in [1.82, 2.24) is 15.5 Å². The molecule has 0 aliphatic rings. The molecule has 2 rings (SSSR count). The maximum absolute atomic E-state index is 5.26. The van der Waals surface area contributed by atoms with Gasteiger partial charge in [-0.25, -0.2) is 0 Å². The summed E-state index contributed by atoms with van der Waals surface area (Å²) in [4.78, 5) is 4.43. The second-order valence-corrected chi connectivity index (χ2v) is 5.28. The Labute approximate surface area is 115 Å². The van der Waals surface area contributed by atoms with Crippen molar-refractivity contribution in [3.05, 3.63) is 34.1 Å². The van der Waals surface area contributed by atoms with Crippen LogP contribution in [0.3, 0.4) is 0 Å². The van der Waals surface area contributed by atoms with E-state index in [-0.39, 0.29) is 0 Å². The molecule has 1 N–H and O–H groups in total. The molecule has 0 spiro atoms. The molecule has 4 nitrogen and oxygen atoms in total. The summed E-state index contributed by atoms with van der Waals surface area (Å²) in [5.74, 6) is 1.31. The van der Waals surface area contributed by atoms with Crippen molar-refractivity contribution in [1.29, 1.82) is 0 Å². The van der Waals surface area contributed by atoms with Gasteiger partial charge in [0.1, 0.15) is 0 Å². The Bertz CT molecular complexity index is 539. The molecule has 1 heterocycles. The number of halogens is 1. The summed E-state index contributed by atoms with van der Waals surface area (Å²) in [5.41, 5.74) is 2.13. The van der Waals surface area contributed by atoms with Crippen LogP contribution < -0.4 is 5.32 Å². The van der Waals surface area contributed by atoms with Crippen molar-refractivity contribution in [3.8, 4) is 11.4 Å². The molecule has 5 heteroatoms. The van der Waals surface area contributed by atoms with E-state index in [1.807, 2.05) is 32.2 Å². The zero-order valence-electron chi connectivity index (χ0n) is 10.7. The summed E-state index contributed by atoms with van der Waals surface area (Å²) in [6, 6.07) is 6.34. The predicted octanol–water partition coefficient (Wildman–Crippen LogP) is 2.96. The molecule has 0 aliphatic carbocycles. The first-order valence-electron chi connectivity index (χ1n) is 5.86. The van der Waals surface area contributed by atoms with Gasteiger partial charge in [-0.2, -0.15) is 4.98 Å². The highest BCUT2D eigenvalue weighted by Gasteiger charge is 2.12. The van der Waals surface area contributed by atoms with Gasteiger partial charge in [-0.05, 0) is 44.7 Å². The highest BCUT2D eigenvalue weighted by Crippen LogP contribution is 2.23. The van der Waals surface area contributed by atoms with Gasteiger partial charge >= 0.3 is 0 Å². The molecule has 1 aromatic carbocycles. The van der Waals surface area contributed by atoms with Crippen LogP contribution in [0.1, 0.15) is 18.4 Å². The molecule has 96 valence electrons. The Balaban J connectivity index is 2.24. The number of aryl methyl sites for hydroxylation is 1. The number of benzene rings is 1. The number of hydrogen-bond acceptors (Lipinski definition) is 4. The Morgan fingerprint density at radius 3 is 2.89 bits per heavy atom. The Hall–Kier alpha value is -1.20. The standard InChI is InChI=1S/C13H16BrN3O/c1-8-6-10(14)4-5-11(8)13-16-12(18-17-13)7-9(2)15-3/h4-6,9,15H,7H2,1-3H3. The average molecular weight is 310 g/mol. The normalized spacial score (nSPS) is 12.7. The summed E-state index contributed by atoms with van der Waals surface area (Å²) in [6.07, 6.45) is 0.735. The van der Waals surface area contributed by atoms with E-state index >= 15 is 0 Å². The summed E-state index contributed by atoms with van der Waals surface area (Å²) in [5, 5.41) is 7.18. The second-order valence-electron chi connectivity index (χ2n) is 4.36. The van der Waals surface area contributed by atoms with Crippen LogP contribution in [-0.4, -0.2) is 23.2 Å². The van der Waals surface area contributed by atoms with Crippen LogP contribution in [0.15, 0.2) is 27.2 Å². The van der Waals surface area contributed by atoms with Crippen molar-refractivity contribution in [2.45, 2.75) is 26.3 Å². The Kier molecular flexibility index (Phi) is 4.14. The van der Waals surface area contributed by atoms with E-state index in [9.17, 15) is 0 Å². The molecule has 0 aliphatic heterocycles. The maximum Gasteiger partial charge on any atom is 0.228 e. The van der Waals surface area contributed by atoms with Crippen LogP contribution >= 0.6 is 15.9 Å². The zero-order chi connectivity index (χ0) is 13.1. The number of likely N-dealkylation sites (N-methyl/N-ethyl adjacent to an activating group) is 1. The first-order valence-corrected chi connectivity index (χ1v) is 6.66. The van der Waals surface area contributed by atoms with E-state index < -0.39 is 0 Å². The lowest BCUT2D eigenvalue weighted by Gasteiger charge is -2.04. The molecule has 0 saturated carbocycles. The van der Waals surface area contributed by atoms with E-state index in [1.54, 1.807) is 0 Å². The topological polar surface area (TPSA) is 51.0 Å². The summed E-state index contributed by atoms with van der Waals surface area (Å²) >= 11 is 3.44. The number of rotatable bonds is 4. The Morgan fingerprint density at radius 1 is 1.44 bits per heavy atom. The molecule has 0 radical (unpaired) electrons. The third-order valence-corrected chi connectivity index (χ3v) is 3.36. The van der Waals surface area contributed by atoms with Crippen LogP contribution in [-0.2, 0) is 6.42 Å². The van der Waals surface area contributed by atoms with Gasteiger partial charge in [-0.3, -0.25) is 0 Å². The third-order valence-electron chi connectivity index (χ3n) is 2.87. The van der Waals surface area contributed by atoms with Gasteiger partial charge in [0.05, 0.1) is 0 Å². The molecule has 0 fully saturated rings. The number of hydrogen-bond donors (Lipinski definition) is 1. The molecule has 1 unspecified atom stereocenters. The lowest BCUT2D eigenvalue weighted by atomic mass is 10.1. The summed E-state index contributed by atoms with van der Waals surface area (Å²) < 4.78 is 6.32. The van der Waals surface area contributed by atoms with Crippen molar-refractivity contribution < 1.29 is 4.52 Å². The van der Waals surface area contributed by atoms with Crippen LogP contribution in [0, 0.1) is 6.92 Å². The van der Waals surface area contributed by atoms with Gasteiger partial charge in [0, 0.05) is 22.5 Å². The molecule has 2 aromatic rings. The fourth-order valence-electron chi connectivity index (χ4n) is 1.69. The van der Waals surface area contributed by atoms with Crippen molar-refractivity contribution in [2.75, 3.05) is 7.05 Å². The van der Waals surface area contributed by atoms with Gasteiger partial charge in [-0.1, -0.05) is 21.1 Å². The van der Waals surface area contributed by atoms with Crippen molar-refractivity contribution >= 4 is 15.9 Å². The fourth-order valence-corrected chi connectivity index (χ4v) is 2.16. The molecular formula is C13H16BrN3O. The molecule has 0 bridgehead atoms. The molecule has 1 atom stereocenters. The monoisotopic (exact) mass is 309 g/mol. The SMILES string of the molecule is CNC(C)Cc1nc(-c2ccc(Br)cc2C)no1. The quantitative estimate of drug-likeness (QED) is 0.943. The first-order chi connectivity index (χ1) is 8.60. The first kappa shape index (κ1) is 13.2. The minimum absolute atomic E-state index is 0.323. The van der Waals surface area contributed by atoms with Crippen LogP contribution in [0.25, 0.3) is 11.4 Å².